The molecule has 0 bridgehead atoms. The molecular formula is C26H24ClF2N7O4S. The van der Waals surface area contributed by atoms with E-state index >= 15 is 0 Å². The Morgan fingerprint density at radius 3 is 2.66 bits per heavy atom. The number of benzene rings is 1. The van der Waals surface area contributed by atoms with Crippen molar-refractivity contribution in [3.8, 4) is 11.3 Å². The molecule has 1 atom stereocenters. The summed E-state index contributed by atoms with van der Waals surface area (Å²) in [4.78, 5) is 31.2. The van der Waals surface area contributed by atoms with Gasteiger partial charge in [-0.25, -0.2) is 33.5 Å². The number of fused-ring (bicyclic) bond motifs is 1. The molecule has 1 aliphatic heterocycles. The lowest BCUT2D eigenvalue weighted by Gasteiger charge is -2.19. The molecule has 3 aromatic heterocycles. The van der Waals surface area contributed by atoms with E-state index in [2.05, 4.69) is 25.3 Å². The lowest BCUT2D eigenvalue weighted by atomic mass is 10.2. The quantitative estimate of drug-likeness (QED) is 0.297. The van der Waals surface area contributed by atoms with Gasteiger partial charge in [0.05, 0.1) is 17.3 Å². The van der Waals surface area contributed by atoms with Gasteiger partial charge in [-0.3, -0.25) is 0 Å². The van der Waals surface area contributed by atoms with Gasteiger partial charge in [0, 0.05) is 48.7 Å². The van der Waals surface area contributed by atoms with Gasteiger partial charge in [0.1, 0.15) is 23.3 Å². The van der Waals surface area contributed by atoms with Crippen molar-refractivity contribution in [3.63, 3.8) is 0 Å². The van der Waals surface area contributed by atoms with E-state index < -0.39 is 32.4 Å². The fraction of sp³-hybridized carbons (Fsp3) is 0.269. The zero-order valence-corrected chi connectivity index (χ0v) is 23.4. The summed E-state index contributed by atoms with van der Waals surface area (Å²) < 4.78 is 58.7. The number of likely N-dealkylation sites (tertiary alicyclic amines) is 1. The lowest BCUT2D eigenvalue weighted by molar-refractivity contribution is 0.0834. The molecule has 0 aliphatic carbocycles. The highest BCUT2D eigenvalue weighted by molar-refractivity contribution is 7.94. The normalized spacial score (nSPS) is 15.4. The average molecular weight is 604 g/mol. The van der Waals surface area contributed by atoms with Gasteiger partial charge in [0.15, 0.2) is 16.7 Å². The molecule has 1 fully saturated rings. The third-order valence-electron chi connectivity index (χ3n) is 6.21. The van der Waals surface area contributed by atoms with Gasteiger partial charge >= 0.3 is 6.09 Å². The van der Waals surface area contributed by atoms with Crippen LogP contribution in [0.4, 0.5) is 25.1 Å². The van der Waals surface area contributed by atoms with E-state index in [0.29, 0.717) is 53.7 Å². The second kappa shape index (κ2) is 11.4. The van der Waals surface area contributed by atoms with E-state index in [-0.39, 0.29) is 22.1 Å². The van der Waals surface area contributed by atoms with Crippen LogP contribution in [0.1, 0.15) is 20.3 Å². The molecule has 1 N–H and O–H groups in total. The molecule has 1 amide bonds. The minimum absolute atomic E-state index is 0.0751. The van der Waals surface area contributed by atoms with Gasteiger partial charge < -0.3 is 15.0 Å². The topological polar surface area (TPSA) is 131 Å². The molecule has 1 saturated heterocycles. The molecule has 4 heterocycles. The summed E-state index contributed by atoms with van der Waals surface area (Å²) in [6.07, 6.45) is 2.82. The zero-order chi connectivity index (χ0) is 29.3. The molecule has 41 heavy (non-hydrogen) atoms. The Labute approximate surface area is 239 Å². The number of nitrogens with zero attached hydrogens (tertiary/aromatic N) is 6. The predicted molar refractivity (Wildman–Crippen MR) is 148 cm³/mol. The van der Waals surface area contributed by atoms with E-state index in [1.807, 2.05) is 0 Å². The second-order valence-electron chi connectivity index (χ2n) is 9.50. The monoisotopic (exact) mass is 603 g/mol. The maximum Gasteiger partial charge on any atom is 0.410 e. The Morgan fingerprint density at radius 2 is 1.95 bits per heavy atom. The van der Waals surface area contributed by atoms with Crippen molar-refractivity contribution in [2.75, 3.05) is 22.2 Å². The van der Waals surface area contributed by atoms with E-state index in [0.717, 1.165) is 12.1 Å². The summed E-state index contributed by atoms with van der Waals surface area (Å²) >= 11 is 5.93. The molecule has 0 unspecified atom stereocenters. The van der Waals surface area contributed by atoms with E-state index in [9.17, 15) is 22.0 Å². The number of carbonyl (C=O) groups excluding carboxylic acids is 1. The van der Waals surface area contributed by atoms with E-state index in [1.165, 1.54) is 24.7 Å². The maximum atomic E-state index is 14.1. The van der Waals surface area contributed by atoms with Crippen LogP contribution in [0.25, 0.3) is 22.3 Å². The summed E-state index contributed by atoms with van der Waals surface area (Å²) in [5, 5.41) is 2.88. The van der Waals surface area contributed by atoms with Gasteiger partial charge in [0.2, 0.25) is 0 Å². The summed E-state index contributed by atoms with van der Waals surface area (Å²) in [6.45, 7) is 4.57. The number of pyridine rings is 2. The fourth-order valence-corrected chi connectivity index (χ4v) is 5.59. The van der Waals surface area contributed by atoms with Crippen molar-refractivity contribution >= 4 is 50.4 Å². The summed E-state index contributed by atoms with van der Waals surface area (Å²) in [7, 11) is -4.46. The molecule has 0 radical (unpaired) electrons. The van der Waals surface area contributed by atoms with Crippen molar-refractivity contribution in [1.82, 2.24) is 24.8 Å². The van der Waals surface area contributed by atoms with Crippen molar-refractivity contribution in [3.05, 3.63) is 66.6 Å². The molecule has 1 aromatic carbocycles. The number of hydrogen-bond acceptors (Lipinski definition) is 9. The predicted octanol–water partition coefficient (Wildman–Crippen LogP) is 4.75. The summed E-state index contributed by atoms with van der Waals surface area (Å²) in [6, 6.07) is 8.38. The Bertz CT molecular complexity index is 1710. The first-order valence-corrected chi connectivity index (χ1v) is 14.3. The van der Waals surface area contributed by atoms with Crippen LogP contribution in [0.5, 0.6) is 0 Å². The lowest BCUT2D eigenvalue weighted by Crippen LogP contribution is -2.33. The van der Waals surface area contributed by atoms with Crippen LogP contribution in [0.3, 0.4) is 0 Å². The molecule has 11 nitrogen and oxygen atoms in total. The molecule has 0 spiro atoms. The standard InChI is InChI=1S/C26H24ClF2N7O4S/c1-15(2)40-26(37)35-10-9-18(13-35)33-25-24-21(31-14-32-25)6-5-20(34-24)16-3-8-23(30-12-16)41(38,39)36(27)22-7-4-17(28)11-19(22)29/h3-8,11-12,14-15,18H,9-10,13H2,1-2H3,(H,31,32,33)/t18-/m0/s1. The molecule has 214 valence electrons. The van der Waals surface area contributed by atoms with Crippen LogP contribution in [-0.4, -0.2) is 64.6 Å². The molecule has 0 saturated carbocycles. The van der Waals surface area contributed by atoms with Crippen LogP contribution in [0, 0.1) is 11.6 Å². The summed E-state index contributed by atoms with van der Waals surface area (Å²) in [5.74, 6) is -1.54. The highest BCUT2D eigenvalue weighted by Crippen LogP contribution is 2.29. The number of sulfonamides is 1. The third kappa shape index (κ3) is 5.98. The smallest absolute Gasteiger partial charge is 0.410 e. The molecule has 1 aliphatic rings. The first-order chi connectivity index (χ1) is 19.5. The van der Waals surface area contributed by atoms with Crippen LogP contribution in [0.2, 0.25) is 0 Å². The number of halogens is 3. The number of carbonyl (C=O) groups is 1. The van der Waals surface area contributed by atoms with Gasteiger partial charge in [-0.2, -0.15) is 12.2 Å². The van der Waals surface area contributed by atoms with Crippen LogP contribution in [0.15, 0.2) is 60.0 Å². The van der Waals surface area contributed by atoms with Gasteiger partial charge in [0.25, 0.3) is 10.0 Å². The number of aromatic nitrogens is 4. The first-order valence-electron chi connectivity index (χ1n) is 12.5. The number of rotatable bonds is 7. The first kappa shape index (κ1) is 28.4. The number of hydrogen-bond donors (Lipinski definition) is 1. The molecule has 4 aromatic rings. The Balaban J connectivity index is 1.36. The SMILES string of the molecule is CC(C)OC(=O)N1CC[C@H](Nc2ncnc3ccc(-c4ccc(S(=O)(=O)N(Cl)c5ccc(F)cc5F)nc4)nc23)C1. The van der Waals surface area contributed by atoms with Crippen molar-refractivity contribution in [1.29, 1.82) is 0 Å². The minimum atomic E-state index is -4.46. The van der Waals surface area contributed by atoms with E-state index in [1.54, 1.807) is 30.9 Å². The highest BCUT2D eigenvalue weighted by atomic mass is 35.5. The van der Waals surface area contributed by atoms with Gasteiger partial charge in [-0.15, -0.1) is 0 Å². The number of anilines is 2. The Kier molecular flexibility index (Phi) is 7.87. The number of amides is 1. The average Bonchev–Trinajstić information content (AvgIpc) is 3.41. The van der Waals surface area contributed by atoms with Gasteiger partial charge in [-0.05, 0) is 56.7 Å². The largest absolute Gasteiger partial charge is 0.447 e. The Morgan fingerprint density at radius 1 is 1.15 bits per heavy atom. The molecular weight excluding hydrogens is 580 g/mol. The fourth-order valence-electron chi connectivity index (χ4n) is 4.24. The third-order valence-corrected chi connectivity index (χ3v) is 8.33. The Hall–Kier alpha value is -4.17. The number of nitrogens with one attached hydrogen (secondary N) is 1. The molecule has 15 heteroatoms. The van der Waals surface area contributed by atoms with Crippen molar-refractivity contribution in [2.45, 2.75) is 37.4 Å². The second-order valence-corrected chi connectivity index (χ2v) is 11.8. The van der Waals surface area contributed by atoms with Crippen molar-refractivity contribution < 1.29 is 26.7 Å². The highest BCUT2D eigenvalue weighted by Gasteiger charge is 2.29. The maximum absolute atomic E-state index is 14.1. The molecule has 5 rings (SSSR count). The van der Waals surface area contributed by atoms with E-state index in [4.69, 9.17) is 16.5 Å². The van der Waals surface area contributed by atoms with Crippen LogP contribution in [-0.2, 0) is 14.8 Å². The van der Waals surface area contributed by atoms with Crippen LogP contribution < -0.4 is 9.14 Å². The zero-order valence-electron chi connectivity index (χ0n) is 21.8. The summed E-state index contributed by atoms with van der Waals surface area (Å²) in [5.41, 5.74) is 1.46. The van der Waals surface area contributed by atoms with Gasteiger partial charge in [-0.1, -0.05) is 0 Å². The minimum Gasteiger partial charge on any atom is -0.447 e. The van der Waals surface area contributed by atoms with Crippen LogP contribution >= 0.6 is 11.8 Å². The van der Waals surface area contributed by atoms with Crippen molar-refractivity contribution in [2.24, 2.45) is 0 Å². The number of ether oxygens (including phenoxy) is 1.